The quantitative estimate of drug-likeness (QED) is 0.841. The Balaban J connectivity index is 2.08. The number of nitrogens with zero attached hydrogens (tertiary/aromatic N) is 1. The molecule has 0 aliphatic carbocycles. The van der Waals surface area contributed by atoms with E-state index < -0.39 is 0 Å². The highest BCUT2D eigenvalue weighted by atomic mass is 79.9. The van der Waals surface area contributed by atoms with Crippen molar-refractivity contribution < 1.29 is 4.79 Å². The van der Waals surface area contributed by atoms with Crippen LogP contribution in [-0.2, 0) is 6.54 Å². The van der Waals surface area contributed by atoms with Crippen molar-refractivity contribution in [2.24, 2.45) is 5.73 Å². The number of carbonyl (C=O) groups is 1. The Hall–Kier alpha value is -1.24. The van der Waals surface area contributed by atoms with Gasteiger partial charge in [-0.1, -0.05) is 24.4 Å². The molecule has 2 aromatic rings. The second kappa shape index (κ2) is 6.47. The van der Waals surface area contributed by atoms with E-state index in [9.17, 15) is 4.79 Å². The number of hydrogen-bond donors (Lipinski definition) is 1. The summed E-state index contributed by atoms with van der Waals surface area (Å²) >= 11 is 9.92. The lowest BCUT2D eigenvalue weighted by Gasteiger charge is -2.16. The fraction of sp³-hybridized carbons (Fsp3) is 0.143. The minimum atomic E-state index is -0.0241. The van der Waals surface area contributed by atoms with Gasteiger partial charge in [-0.3, -0.25) is 4.79 Å². The van der Waals surface area contributed by atoms with Crippen molar-refractivity contribution in [3.05, 3.63) is 56.2 Å². The van der Waals surface area contributed by atoms with Gasteiger partial charge in [0.1, 0.15) is 4.99 Å². The summed E-state index contributed by atoms with van der Waals surface area (Å²) in [5, 5.41) is 2.00. The van der Waals surface area contributed by atoms with Gasteiger partial charge in [0, 0.05) is 32.9 Å². The molecule has 6 heteroatoms. The van der Waals surface area contributed by atoms with Gasteiger partial charge in [-0.05, 0) is 34.1 Å². The normalized spacial score (nSPS) is 10.3. The highest BCUT2D eigenvalue weighted by molar-refractivity contribution is 9.10. The number of rotatable bonds is 4. The average Bonchev–Trinajstić information content (AvgIpc) is 2.83. The van der Waals surface area contributed by atoms with Crippen LogP contribution in [0.15, 0.2) is 40.2 Å². The predicted molar refractivity (Wildman–Crippen MR) is 90.1 cm³/mol. The topological polar surface area (TPSA) is 46.3 Å². The molecule has 0 atom stereocenters. The third-order valence-electron chi connectivity index (χ3n) is 2.78. The Kier molecular flexibility index (Phi) is 4.91. The number of thiocarbonyl (C=S) groups is 1. The monoisotopic (exact) mass is 368 g/mol. The molecule has 3 nitrogen and oxygen atoms in total. The van der Waals surface area contributed by atoms with Crippen molar-refractivity contribution in [1.29, 1.82) is 0 Å². The molecular formula is C14H13BrN2OS2. The highest BCUT2D eigenvalue weighted by Gasteiger charge is 2.13. The van der Waals surface area contributed by atoms with Gasteiger partial charge < -0.3 is 10.6 Å². The van der Waals surface area contributed by atoms with E-state index in [4.69, 9.17) is 18.0 Å². The molecule has 1 heterocycles. The molecule has 1 aromatic carbocycles. The van der Waals surface area contributed by atoms with E-state index in [0.29, 0.717) is 17.1 Å². The Morgan fingerprint density at radius 1 is 1.35 bits per heavy atom. The SMILES string of the molecule is CN(Cc1cc(Br)cs1)C(=O)c1ccc(C(N)=S)cc1. The van der Waals surface area contributed by atoms with Crippen molar-refractivity contribution >= 4 is 50.4 Å². The smallest absolute Gasteiger partial charge is 0.253 e. The van der Waals surface area contributed by atoms with E-state index >= 15 is 0 Å². The third-order valence-corrected chi connectivity index (χ3v) is 4.70. The molecule has 0 fully saturated rings. The maximum Gasteiger partial charge on any atom is 0.253 e. The predicted octanol–water partition coefficient (Wildman–Crippen LogP) is 3.42. The van der Waals surface area contributed by atoms with Crippen LogP contribution < -0.4 is 5.73 Å². The number of halogens is 1. The van der Waals surface area contributed by atoms with Gasteiger partial charge in [0.2, 0.25) is 0 Å². The standard InChI is InChI=1S/C14H13BrN2OS2/c1-17(7-12-6-11(15)8-20-12)14(18)10-4-2-9(3-5-10)13(16)19/h2-6,8H,7H2,1H3,(H2,16,19). The number of carbonyl (C=O) groups excluding carboxylic acids is 1. The van der Waals surface area contributed by atoms with Crippen LogP contribution in [-0.4, -0.2) is 22.8 Å². The third kappa shape index (κ3) is 3.65. The van der Waals surface area contributed by atoms with Crippen LogP contribution >= 0.6 is 39.5 Å². The van der Waals surface area contributed by atoms with Crippen molar-refractivity contribution in [1.82, 2.24) is 4.90 Å². The van der Waals surface area contributed by atoms with E-state index in [-0.39, 0.29) is 5.91 Å². The summed E-state index contributed by atoms with van der Waals surface area (Å²) < 4.78 is 1.04. The largest absolute Gasteiger partial charge is 0.389 e. The first kappa shape index (κ1) is 15.2. The molecule has 0 saturated carbocycles. The average molecular weight is 369 g/mol. The van der Waals surface area contributed by atoms with Gasteiger partial charge in [-0.2, -0.15) is 0 Å². The van der Waals surface area contributed by atoms with Gasteiger partial charge in [-0.25, -0.2) is 0 Å². The van der Waals surface area contributed by atoms with Gasteiger partial charge in [0.05, 0.1) is 6.54 Å². The van der Waals surface area contributed by atoms with E-state index in [1.54, 1.807) is 47.5 Å². The fourth-order valence-corrected chi connectivity index (χ4v) is 3.38. The second-order valence-corrected chi connectivity index (χ2v) is 6.69. The van der Waals surface area contributed by atoms with Crippen LogP contribution in [0.1, 0.15) is 20.8 Å². The molecule has 0 radical (unpaired) electrons. The van der Waals surface area contributed by atoms with Crippen LogP contribution in [0, 0.1) is 0 Å². The van der Waals surface area contributed by atoms with Crippen LogP contribution in [0.3, 0.4) is 0 Å². The van der Waals surface area contributed by atoms with Gasteiger partial charge in [0.25, 0.3) is 5.91 Å². The van der Waals surface area contributed by atoms with Crippen molar-refractivity contribution in [3.63, 3.8) is 0 Å². The molecule has 1 amide bonds. The summed E-state index contributed by atoms with van der Waals surface area (Å²) in [4.78, 5) is 15.4. The van der Waals surface area contributed by atoms with Crippen LogP contribution in [0.2, 0.25) is 0 Å². The lowest BCUT2D eigenvalue weighted by Crippen LogP contribution is -2.25. The maximum atomic E-state index is 12.3. The van der Waals surface area contributed by atoms with E-state index in [0.717, 1.165) is 14.9 Å². The van der Waals surface area contributed by atoms with E-state index in [1.807, 2.05) is 11.4 Å². The lowest BCUT2D eigenvalue weighted by molar-refractivity contribution is 0.0786. The summed E-state index contributed by atoms with van der Waals surface area (Å²) in [6.45, 7) is 0.589. The summed E-state index contributed by atoms with van der Waals surface area (Å²) in [7, 11) is 1.79. The first-order valence-electron chi connectivity index (χ1n) is 5.85. The zero-order valence-electron chi connectivity index (χ0n) is 10.8. The van der Waals surface area contributed by atoms with Crippen LogP contribution in [0.25, 0.3) is 0 Å². The first-order valence-corrected chi connectivity index (χ1v) is 7.93. The molecule has 0 spiro atoms. The number of nitrogens with two attached hydrogens (primary N) is 1. The lowest BCUT2D eigenvalue weighted by atomic mass is 10.1. The maximum absolute atomic E-state index is 12.3. The molecule has 0 bridgehead atoms. The molecule has 0 aliphatic heterocycles. The molecular weight excluding hydrogens is 356 g/mol. The molecule has 2 N–H and O–H groups in total. The molecule has 2 rings (SSSR count). The second-order valence-electron chi connectivity index (χ2n) is 4.33. The van der Waals surface area contributed by atoms with Crippen molar-refractivity contribution in [2.75, 3.05) is 7.05 Å². The first-order chi connectivity index (χ1) is 9.47. The number of benzene rings is 1. The highest BCUT2D eigenvalue weighted by Crippen LogP contribution is 2.21. The molecule has 0 saturated heterocycles. The Bertz CT molecular complexity index is 637. The Morgan fingerprint density at radius 2 is 1.95 bits per heavy atom. The van der Waals surface area contributed by atoms with Crippen LogP contribution in [0.4, 0.5) is 0 Å². The van der Waals surface area contributed by atoms with E-state index in [1.165, 1.54) is 0 Å². The summed E-state index contributed by atoms with van der Waals surface area (Å²) in [5.41, 5.74) is 6.93. The van der Waals surface area contributed by atoms with Gasteiger partial charge in [-0.15, -0.1) is 11.3 Å². The van der Waals surface area contributed by atoms with E-state index in [2.05, 4.69) is 15.9 Å². The Labute approximate surface area is 135 Å². The van der Waals surface area contributed by atoms with Crippen molar-refractivity contribution in [2.45, 2.75) is 6.54 Å². The Morgan fingerprint density at radius 3 is 2.45 bits per heavy atom. The number of amides is 1. The molecule has 0 unspecified atom stereocenters. The van der Waals surface area contributed by atoms with Crippen molar-refractivity contribution in [3.8, 4) is 0 Å². The minimum absolute atomic E-state index is 0.0241. The van der Waals surface area contributed by atoms with Crippen LogP contribution in [0.5, 0.6) is 0 Å². The minimum Gasteiger partial charge on any atom is -0.389 e. The summed E-state index contributed by atoms with van der Waals surface area (Å²) in [6, 6.07) is 9.05. The molecule has 104 valence electrons. The zero-order chi connectivity index (χ0) is 14.7. The van der Waals surface area contributed by atoms with Gasteiger partial charge >= 0.3 is 0 Å². The zero-order valence-corrected chi connectivity index (χ0v) is 14.0. The molecule has 20 heavy (non-hydrogen) atoms. The molecule has 0 aliphatic rings. The summed E-state index contributed by atoms with van der Waals surface area (Å²) in [6.07, 6.45) is 0. The fourth-order valence-electron chi connectivity index (χ4n) is 1.74. The summed E-state index contributed by atoms with van der Waals surface area (Å²) in [5.74, 6) is -0.0241. The number of hydrogen-bond acceptors (Lipinski definition) is 3. The van der Waals surface area contributed by atoms with Gasteiger partial charge in [0.15, 0.2) is 0 Å². The number of thiophene rings is 1. The molecule has 1 aromatic heterocycles.